The first-order valence-corrected chi connectivity index (χ1v) is 6.04. The second-order valence-electron chi connectivity index (χ2n) is 5.69. The molecule has 0 radical (unpaired) electrons. The summed E-state index contributed by atoms with van der Waals surface area (Å²) in [7, 11) is 0. The van der Waals surface area contributed by atoms with Crippen molar-refractivity contribution in [1.29, 1.82) is 0 Å². The molecule has 2 amide bonds. The Morgan fingerprint density at radius 1 is 1.25 bits per heavy atom. The molecule has 0 bridgehead atoms. The number of amides is 2. The van der Waals surface area contributed by atoms with E-state index in [4.69, 9.17) is 0 Å². The van der Waals surface area contributed by atoms with E-state index in [1.54, 1.807) is 0 Å². The number of hydrogen-bond donors (Lipinski definition) is 1. The molecule has 0 spiro atoms. The maximum atomic E-state index is 11.8. The van der Waals surface area contributed by atoms with Crippen LogP contribution >= 0.6 is 0 Å². The summed E-state index contributed by atoms with van der Waals surface area (Å²) in [5.74, 6) is -0.0299. The highest BCUT2D eigenvalue weighted by atomic mass is 16.2. The zero-order valence-electron chi connectivity index (χ0n) is 10.1. The lowest BCUT2D eigenvalue weighted by molar-refractivity contribution is -0.152. The molecule has 90 valence electrons. The number of nitrogens with one attached hydrogen (secondary N) is 1. The first-order valence-electron chi connectivity index (χ1n) is 6.04. The second kappa shape index (κ2) is 4.17. The van der Waals surface area contributed by atoms with Crippen LogP contribution in [0.5, 0.6) is 0 Å². The highest BCUT2D eigenvalue weighted by Crippen LogP contribution is 2.31. The van der Waals surface area contributed by atoms with Crippen LogP contribution in [-0.4, -0.2) is 35.8 Å². The number of imide groups is 1. The van der Waals surface area contributed by atoms with E-state index in [0.29, 0.717) is 25.4 Å². The van der Waals surface area contributed by atoms with Crippen LogP contribution in [0.1, 0.15) is 39.5 Å². The van der Waals surface area contributed by atoms with Crippen molar-refractivity contribution in [2.45, 2.75) is 45.6 Å². The fraction of sp³-hybridized carbons (Fsp3) is 0.833. The molecule has 0 atom stereocenters. The average Bonchev–Trinajstić information content (AvgIpc) is 2.91. The number of carbonyl (C=O) groups is 2. The Morgan fingerprint density at radius 2 is 1.81 bits per heavy atom. The smallest absolute Gasteiger partial charge is 0.229 e. The van der Waals surface area contributed by atoms with Gasteiger partial charge < -0.3 is 5.32 Å². The number of rotatable bonds is 4. The van der Waals surface area contributed by atoms with Crippen LogP contribution in [0.2, 0.25) is 0 Å². The molecule has 1 N–H and O–H groups in total. The van der Waals surface area contributed by atoms with Crippen LogP contribution in [0.15, 0.2) is 0 Å². The molecule has 4 heteroatoms. The standard InChI is InChI=1S/C12H20N2O2/c1-12(2)7-10(15)14(11(16)8-12)6-5-13-9-3-4-9/h9,13H,3-8H2,1-2H3. The van der Waals surface area contributed by atoms with Crippen LogP contribution in [0.25, 0.3) is 0 Å². The monoisotopic (exact) mass is 224 g/mol. The molecule has 0 aromatic heterocycles. The van der Waals surface area contributed by atoms with E-state index in [0.717, 1.165) is 6.54 Å². The number of nitrogens with zero attached hydrogens (tertiary/aromatic N) is 1. The van der Waals surface area contributed by atoms with Crippen molar-refractivity contribution in [1.82, 2.24) is 10.2 Å². The van der Waals surface area contributed by atoms with Gasteiger partial charge in [0.15, 0.2) is 0 Å². The summed E-state index contributed by atoms with van der Waals surface area (Å²) in [5.41, 5.74) is -0.158. The molecular formula is C12H20N2O2. The first kappa shape index (κ1) is 11.6. The predicted octanol–water partition coefficient (Wildman–Crippen LogP) is 0.914. The summed E-state index contributed by atoms with van der Waals surface area (Å²) >= 11 is 0. The van der Waals surface area contributed by atoms with Crippen LogP contribution < -0.4 is 5.32 Å². The Kier molecular flexibility index (Phi) is 3.02. The van der Waals surface area contributed by atoms with E-state index in [1.165, 1.54) is 17.7 Å². The van der Waals surface area contributed by atoms with Crippen molar-refractivity contribution in [3.8, 4) is 0 Å². The zero-order chi connectivity index (χ0) is 11.8. The number of carbonyl (C=O) groups excluding carboxylic acids is 2. The molecule has 1 saturated carbocycles. The van der Waals surface area contributed by atoms with E-state index in [2.05, 4.69) is 5.32 Å². The minimum absolute atomic E-state index is 0.0150. The third-order valence-corrected chi connectivity index (χ3v) is 3.21. The van der Waals surface area contributed by atoms with Crippen molar-refractivity contribution >= 4 is 11.8 Å². The van der Waals surface area contributed by atoms with Crippen LogP contribution in [-0.2, 0) is 9.59 Å². The van der Waals surface area contributed by atoms with Crippen molar-refractivity contribution in [2.24, 2.45) is 5.41 Å². The van der Waals surface area contributed by atoms with Gasteiger partial charge >= 0.3 is 0 Å². The van der Waals surface area contributed by atoms with E-state index >= 15 is 0 Å². The van der Waals surface area contributed by atoms with E-state index in [9.17, 15) is 9.59 Å². The van der Waals surface area contributed by atoms with Crippen LogP contribution in [0.3, 0.4) is 0 Å². The Labute approximate surface area is 96.4 Å². The zero-order valence-corrected chi connectivity index (χ0v) is 10.1. The van der Waals surface area contributed by atoms with Gasteiger partial charge in [0.1, 0.15) is 0 Å². The van der Waals surface area contributed by atoms with E-state index in [-0.39, 0.29) is 17.2 Å². The van der Waals surface area contributed by atoms with Gasteiger partial charge in [-0.2, -0.15) is 0 Å². The van der Waals surface area contributed by atoms with Gasteiger partial charge in [-0.3, -0.25) is 14.5 Å². The molecule has 1 saturated heterocycles. The number of likely N-dealkylation sites (tertiary alicyclic amines) is 1. The fourth-order valence-corrected chi connectivity index (χ4v) is 2.13. The molecule has 4 nitrogen and oxygen atoms in total. The van der Waals surface area contributed by atoms with Gasteiger partial charge in [-0.25, -0.2) is 0 Å². The fourth-order valence-electron chi connectivity index (χ4n) is 2.13. The Balaban J connectivity index is 1.83. The van der Waals surface area contributed by atoms with Gasteiger partial charge in [-0.1, -0.05) is 13.8 Å². The Hall–Kier alpha value is -0.900. The molecule has 2 fully saturated rings. The molecule has 2 aliphatic rings. The van der Waals surface area contributed by atoms with Gasteiger partial charge in [-0.15, -0.1) is 0 Å². The maximum Gasteiger partial charge on any atom is 0.229 e. The van der Waals surface area contributed by atoms with Crippen LogP contribution in [0.4, 0.5) is 0 Å². The SMILES string of the molecule is CC1(C)CC(=O)N(CCNC2CC2)C(=O)C1. The van der Waals surface area contributed by atoms with Crippen molar-refractivity contribution in [2.75, 3.05) is 13.1 Å². The summed E-state index contributed by atoms with van der Waals surface area (Å²) in [5, 5.41) is 3.32. The largest absolute Gasteiger partial charge is 0.312 e. The summed E-state index contributed by atoms with van der Waals surface area (Å²) in [4.78, 5) is 25.0. The van der Waals surface area contributed by atoms with Crippen molar-refractivity contribution < 1.29 is 9.59 Å². The lowest BCUT2D eigenvalue weighted by Gasteiger charge is -2.34. The maximum absolute atomic E-state index is 11.8. The topological polar surface area (TPSA) is 49.4 Å². The van der Waals surface area contributed by atoms with E-state index in [1.807, 2.05) is 13.8 Å². The molecule has 0 aromatic carbocycles. The summed E-state index contributed by atoms with van der Waals surface area (Å²) in [6, 6.07) is 0.631. The normalized spacial score (nSPS) is 25.0. The number of piperidine rings is 1. The Bertz CT molecular complexity index is 288. The average molecular weight is 224 g/mol. The third kappa shape index (κ3) is 2.82. The van der Waals surface area contributed by atoms with Gasteiger partial charge in [0.2, 0.25) is 11.8 Å². The predicted molar refractivity (Wildman–Crippen MR) is 60.8 cm³/mol. The first-order chi connectivity index (χ1) is 7.48. The molecule has 0 unspecified atom stereocenters. The quantitative estimate of drug-likeness (QED) is 0.722. The molecule has 1 aliphatic carbocycles. The third-order valence-electron chi connectivity index (χ3n) is 3.21. The highest BCUT2D eigenvalue weighted by molar-refractivity contribution is 5.98. The lowest BCUT2D eigenvalue weighted by Crippen LogP contribution is -2.48. The van der Waals surface area contributed by atoms with Crippen LogP contribution in [0, 0.1) is 5.41 Å². The van der Waals surface area contributed by atoms with Gasteiger partial charge in [0.25, 0.3) is 0 Å². The van der Waals surface area contributed by atoms with Gasteiger partial charge in [0, 0.05) is 32.0 Å². The molecule has 1 heterocycles. The molecular weight excluding hydrogens is 204 g/mol. The van der Waals surface area contributed by atoms with E-state index < -0.39 is 0 Å². The highest BCUT2D eigenvalue weighted by Gasteiger charge is 2.37. The van der Waals surface area contributed by atoms with Gasteiger partial charge in [-0.05, 0) is 18.3 Å². The van der Waals surface area contributed by atoms with Crippen molar-refractivity contribution in [3.63, 3.8) is 0 Å². The summed E-state index contributed by atoms with van der Waals surface area (Å²) < 4.78 is 0. The molecule has 2 rings (SSSR count). The number of hydrogen-bond acceptors (Lipinski definition) is 3. The van der Waals surface area contributed by atoms with Crippen molar-refractivity contribution in [3.05, 3.63) is 0 Å². The molecule has 16 heavy (non-hydrogen) atoms. The molecule has 0 aromatic rings. The summed E-state index contributed by atoms with van der Waals surface area (Å²) in [6.07, 6.45) is 3.44. The lowest BCUT2D eigenvalue weighted by atomic mass is 9.82. The molecule has 1 aliphatic heterocycles. The minimum atomic E-state index is -0.158. The second-order valence-corrected chi connectivity index (χ2v) is 5.69. The minimum Gasteiger partial charge on any atom is -0.312 e. The Morgan fingerprint density at radius 3 is 2.31 bits per heavy atom. The summed E-state index contributed by atoms with van der Waals surface area (Å²) in [6.45, 7) is 5.22. The van der Waals surface area contributed by atoms with Gasteiger partial charge in [0.05, 0.1) is 0 Å².